The zero-order chi connectivity index (χ0) is 12.6. The average Bonchev–Trinajstić information content (AvgIpc) is 2.31. The molecule has 1 atom stereocenters. The minimum atomic E-state index is -1.19. The van der Waals surface area contributed by atoms with Gasteiger partial charge in [-0.25, -0.2) is 17.6 Å². The highest BCUT2D eigenvalue weighted by Gasteiger charge is 2.17. The van der Waals surface area contributed by atoms with Crippen molar-refractivity contribution in [3.8, 4) is 11.1 Å². The van der Waals surface area contributed by atoms with E-state index in [-0.39, 0.29) is 16.4 Å². The van der Waals surface area contributed by atoms with Crippen LogP contribution in [0, 0.1) is 23.3 Å². The predicted molar refractivity (Wildman–Crippen MR) is 61.1 cm³/mol. The van der Waals surface area contributed by atoms with Crippen molar-refractivity contribution in [3.05, 3.63) is 53.6 Å². The van der Waals surface area contributed by atoms with Gasteiger partial charge in [-0.05, 0) is 6.07 Å². The van der Waals surface area contributed by atoms with Crippen molar-refractivity contribution in [2.75, 3.05) is 0 Å². The summed E-state index contributed by atoms with van der Waals surface area (Å²) in [7, 11) is 2.02. The minimum Gasteiger partial charge on any atom is -0.204 e. The smallest absolute Gasteiger partial charge is 0.167 e. The Bertz CT molecular complexity index is 581. The van der Waals surface area contributed by atoms with Gasteiger partial charge in [0.15, 0.2) is 23.3 Å². The third-order valence-corrected chi connectivity index (χ3v) is 2.80. The molecular formula is C12H7F4P. The maximum Gasteiger partial charge on any atom is 0.167 e. The molecular weight excluding hydrogens is 251 g/mol. The van der Waals surface area contributed by atoms with Crippen LogP contribution in [0.3, 0.4) is 0 Å². The Morgan fingerprint density at radius 1 is 0.706 bits per heavy atom. The molecule has 0 fully saturated rings. The lowest BCUT2D eigenvalue weighted by atomic mass is 10.0. The molecule has 1 unspecified atom stereocenters. The van der Waals surface area contributed by atoms with Crippen LogP contribution in [0.1, 0.15) is 0 Å². The summed E-state index contributed by atoms with van der Waals surface area (Å²) in [4.78, 5) is 0. The molecule has 17 heavy (non-hydrogen) atoms. The van der Waals surface area contributed by atoms with Gasteiger partial charge in [0.25, 0.3) is 0 Å². The van der Waals surface area contributed by atoms with Crippen molar-refractivity contribution in [1.29, 1.82) is 0 Å². The van der Waals surface area contributed by atoms with Gasteiger partial charge < -0.3 is 0 Å². The first-order valence-electron chi connectivity index (χ1n) is 4.70. The third-order valence-electron chi connectivity index (χ3n) is 2.35. The maximum atomic E-state index is 13.6. The molecule has 5 heteroatoms. The Morgan fingerprint density at radius 3 is 2.06 bits per heavy atom. The van der Waals surface area contributed by atoms with E-state index in [1.807, 2.05) is 9.24 Å². The van der Waals surface area contributed by atoms with Crippen molar-refractivity contribution in [1.82, 2.24) is 0 Å². The predicted octanol–water partition coefficient (Wildman–Crippen LogP) is 3.41. The summed E-state index contributed by atoms with van der Waals surface area (Å²) >= 11 is 0. The monoisotopic (exact) mass is 258 g/mol. The van der Waals surface area contributed by atoms with E-state index in [1.54, 1.807) is 0 Å². The number of hydrogen-bond acceptors (Lipinski definition) is 0. The highest BCUT2D eigenvalue weighted by atomic mass is 31.0. The van der Waals surface area contributed by atoms with E-state index in [2.05, 4.69) is 0 Å². The number of rotatable bonds is 1. The van der Waals surface area contributed by atoms with Crippen LogP contribution in [0.5, 0.6) is 0 Å². The van der Waals surface area contributed by atoms with Crippen molar-refractivity contribution in [2.45, 2.75) is 0 Å². The zero-order valence-electron chi connectivity index (χ0n) is 8.48. The molecule has 0 nitrogen and oxygen atoms in total. The van der Waals surface area contributed by atoms with E-state index in [9.17, 15) is 17.6 Å². The van der Waals surface area contributed by atoms with Crippen LogP contribution in [0.25, 0.3) is 11.1 Å². The lowest BCUT2D eigenvalue weighted by Gasteiger charge is -2.07. The maximum absolute atomic E-state index is 13.6. The molecule has 0 saturated carbocycles. The second-order valence-corrected chi connectivity index (χ2v) is 4.05. The van der Waals surface area contributed by atoms with Crippen LogP contribution in [-0.4, -0.2) is 0 Å². The Labute approximate surface area is 97.5 Å². The molecule has 0 aliphatic rings. The Kier molecular flexibility index (Phi) is 3.16. The van der Waals surface area contributed by atoms with Crippen molar-refractivity contribution >= 4 is 14.5 Å². The first-order chi connectivity index (χ1) is 8.02. The highest BCUT2D eigenvalue weighted by molar-refractivity contribution is 7.27. The first kappa shape index (κ1) is 12.1. The fourth-order valence-electron chi connectivity index (χ4n) is 1.48. The summed E-state index contributed by atoms with van der Waals surface area (Å²) in [5.74, 6) is -4.57. The molecule has 0 saturated heterocycles. The topological polar surface area (TPSA) is 0 Å². The van der Waals surface area contributed by atoms with Crippen LogP contribution in [0.4, 0.5) is 17.6 Å². The minimum absolute atomic E-state index is 0.0306. The molecule has 0 spiro atoms. The lowest BCUT2D eigenvalue weighted by molar-refractivity contribution is 0.504. The van der Waals surface area contributed by atoms with Gasteiger partial charge in [-0.3, -0.25) is 0 Å². The van der Waals surface area contributed by atoms with E-state index < -0.39 is 23.3 Å². The van der Waals surface area contributed by atoms with E-state index in [0.717, 1.165) is 6.07 Å². The average molecular weight is 258 g/mol. The van der Waals surface area contributed by atoms with Crippen molar-refractivity contribution in [2.24, 2.45) is 0 Å². The molecule has 2 rings (SSSR count). The second-order valence-electron chi connectivity index (χ2n) is 3.43. The van der Waals surface area contributed by atoms with E-state index in [4.69, 9.17) is 0 Å². The summed E-state index contributed by atoms with van der Waals surface area (Å²) in [5, 5.41) is 0.0306. The summed E-state index contributed by atoms with van der Waals surface area (Å²) < 4.78 is 53.3. The van der Waals surface area contributed by atoms with Crippen LogP contribution in [-0.2, 0) is 0 Å². The quantitative estimate of drug-likeness (QED) is 0.543. The summed E-state index contributed by atoms with van der Waals surface area (Å²) in [6.07, 6.45) is 0. The Balaban J connectivity index is 2.69. The molecule has 0 N–H and O–H groups in total. The fourth-order valence-corrected chi connectivity index (χ4v) is 1.71. The molecule has 0 aromatic heterocycles. The number of halogens is 4. The lowest BCUT2D eigenvalue weighted by Crippen LogP contribution is -2.04. The normalized spacial score (nSPS) is 10.6. The zero-order valence-corrected chi connectivity index (χ0v) is 9.63. The molecule has 0 heterocycles. The largest absolute Gasteiger partial charge is 0.204 e. The number of hydrogen-bond donors (Lipinski definition) is 0. The second kappa shape index (κ2) is 4.46. The molecule has 2 aromatic carbocycles. The Hall–Kier alpha value is -1.41. The van der Waals surface area contributed by atoms with Crippen LogP contribution in [0.2, 0.25) is 0 Å². The van der Waals surface area contributed by atoms with Gasteiger partial charge >= 0.3 is 0 Å². The van der Waals surface area contributed by atoms with Crippen LogP contribution in [0.15, 0.2) is 30.3 Å². The number of benzene rings is 2. The summed E-state index contributed by atoms with van der Waals surface area (Å²) in [6.45, 7) is 0. The van der Waals surface area contributed by atoms with Crippen molar-refractivity contribution < 1.29 is 17.6 Å². The molecule has 2 aromatic rings. The molecule has 0 aliphatic carbocycles. The van der Waals surface area contributed by atoms with Gasteiger partial charge in [0.1, 0.15) is 0 Å². The molecule has 0 radical (unpaired) electrons. The first-order valence-corrected chi connectivity index (χ1v) is 5.28. The molecule has 0 aliphatic heterocycles. The molecule has 0 amide bonds. The standard InChI is InChI=1S/C12H7F4P/c13-8-3-1-2-6(10(8)14)7-4-5-9(17)12(16)11(7)15/h1-5H,17H2. The van der Waals surface area contributed by atoms with E-state index in [1.165, 1.54) is 24.3 Å². The van der Waals surface area contributed by atoms with Gasteiger partial charge in [0.05, 0.1) is 0 Å². The van der Waals surface area contributed by atoms with Crippen LogP contribution >= 0.6 is 9.24 Å². The summed E-state index contributed by atoms with van der Waals surface area (Å²) in [5.41, 5.74) is -0.600. The van der Waals surface area contributed by atoms with Gasteiger partial charge in [0, 0.05) is 16.4 Å². The Morgan fingerprint density at radius 2 is 1.35 bits per heavy atom. The van der Waals surface area contributed by atoms with Gasteiger partial charge in [-0.1, -0.05) is 24.3 Å². The summed E-state index contributed by atoms with van der Waals surface area (Å²) in [6, 6.07) is 5.83. The van der Waals surface area contributed by atoms with Crippen LogP contribution < -0.4 is 5.30 Å². The molecule has 0 bridgehead atoms. The van der Waals surface area contributed by atoms with Gasteiger partial charge in [-0.2, -0.15) is 0 Å². The third kappa shape index (κ3) is 2.05. The van der Waals surface area contributed by atoms with E-state index in [0.29, 0.717) is 0 Å². The van der Waals surface area contributed by atoms with Gasteiger partial charge in [-0.15, -0.1) is 9.24 Å². The van der Waals surface area contributed by atoms with Gasteiger partial charge in [0.2, 0.25) is 0 Å². The highest BCUT2D eigenvalue weighted by Crippen LogP contribution is 2.27. The van der Waals surface area contributed by atoms with E-state index >= 15 is 0 Å². The fraction of sp³-hybridized carbons (Fsp3) is 0. The SMILES string of the molecule is Fc1cccc(-c2ccc(P)c(F)c2F)c1F. The van der Waals surface area contributed by atoms with Crippen molar-refractivity contribution in [3.63, 3.8) is 0 Å². The molecule has 88 valence electrons.